The molecule has 0 bridgehead atoms. The van der Waals surface area contributed by atoms with Crippen molar-refractivity contribution >= 4 is 0 Å². The summed E-state index contributed by atoms with van der Waals surface area (Å²) >= 11 is 0. The van der Waals surface area contributed by atoms with E-state index in [9.17, 15) is 4.79 Å². The number of imidazole rings is 1. The fourth-order valence-electron chi connectivity index (χ4n) is 0.789. The maximum absolute atomic E-state index is 11.0. The third-order valence-electron chi connectivity index (χ3n) is 1.34. The van der Waals surface area contributed by atoms with Crippen molar-refractivity contribution < 1.29 is 0 Å². The van der Waals surface area contributed by atoms with E-state index >= 15 is 0 Å². The van der Waals surface area contributed by atoms with Crippen molar-refractivity contribution in [3.8, 4) is 0 Å². The monoisotopic (exact) mass is 138 g/mol. The number of nitrogens with zero attached hydrogens (tertiary/aromatic N) is 2. The molecule has 54 valence electrons. The summed E-state index contributed by atoms with van der Waals surface area (Å²) in [4.78, 5) is 11.0. The Kier molecular flexibility index (Phi) is 1.76. The zero-order valence-corrected chi connectivity index (χ0v) is 5.95. The van der Waals surface area contributed by atoms with Crippen LogP contribution in [0, 0.1) is 0 Å². The summed E-state index contributed by atoms with van der Waals surface area (Å²) in [5, 5.41) is 0. The Balaban J connectivity index is 3.05. The molecule has 10 heavy (non-hydrogen) atoms. The minimum Gasteiger partial charge on any atom is -0.302 e. The molecule has 1 aromatic heterocycles. The smallest absolute Gasteiger partial charge is 0.302 e. The molecule has 0 radical (unpaired) electrons. The fourth-order valence-corrected chi connectivity index (χ4v) is 0.789. The minimum absolute atomic E-state index is 0.0000926. The van der Waals surface area contributed by atoms with Gasteiger partial charge in [0.15, 0.2) is 0 Å². The fraction of sp³-hybridized carbons (Fsp3) is 0.286. The molecule has 0 aromatic carbocycles. The lowest BCUT2D eigenvalue weighted by molar-refractivity contribution is 0.731. The summed E-state index contributed by atoms with van der Waals surface area (Å²) in [6.07, 6.45) is 5.16. The summed E-state index contributed by atoms with van der Waals surface area (Å²) < 4.78 is 3.12. The van der Waals surface area contributed by atoms with E-state index in [1.54, 1.807) is 30.1 Å². The van der Waals surface area contributed by atoms with Crippen LogP contribution in [-0.2, 0) is 13.6 Å². The lowest BCUT2D eigenvalue weighted by Crippen LogP contribution is -2.21. The van der Waals surface area contributed by atoms with Gasteiger partial charge in [0.25, 0.3) is 0 Å². The molecule has 0 unspecified atom stereocenters. The number of hydrogen-bond acceptors (Lipinski definition) is 1. The maximum Gasteiger partial charge on any atom is 0.328 e. The molecule has 0 N–H and O–H groups in total. The van der Waals surface area contributed by atoms with Gasteiger partial charge in [0.05, 0.1) is 0 Å². The maximum atomic E-state index is 11.0. The average Bonchev–Trinajstić information content (AvgIpc) is 2.20. The quantitative estimate of drug-likeness (QED) is 0.542. The second kappa shape index (κ2) is 2.56. The predicted molar refractivity (Wildman–Crippen MR) is 39.9 cm³/mol. The van der Waals surface area contributed by atoms with Gasteiger partial charge in [-0.15, -0.1) is 6.58 Å². The Morgan fingerprint density at radius 2 is 2.40 bits per heavy atom. The van der Waals surface area contributed by atoms with Gasteiger partial charge in [-0.2, -0.15) is 0 Å². The van der Waals surface area contributed by atoms with Crippen LogP contribution in [-0.4, -0.2) is 9.13 Å². The second-order valence-electron chi connectivity index (χ2n) is 2.13. The van der Waals surface area contributed by atoms with E-state index < -0.39 is 0 Å². The first kappa shape index (κ1) is 6.86. The average molecular weight is 138 g/mol. The van der Waals surface area contributed by atoms with Crippen molar-refractivity contribution in [2.75, 3.05) is 0 Å². The van der Waals surface area contributed by atoms with E-state index in [4.69, 9.17) is 0 Å². The highest BCUT2D eigenvalue weighted by atomic mass is 16.1. The van der Waals surface area contributed by atoms with Gasteiger partial charge in [-0.25, -0.2) is 4.79 Å². The molecule has 0 amide bonds. The Labute approximate surface area is 59.2 Å². The summed E-state index contributed by atoms with van der Waals surface area (Å²) in [7, 11) is 1.72. The molecular weight excluding hydrogens is 128 g/mol. The van der Waals surface area contributed by atoms with Crippen LogP contribution >= 0.6 is 0 Å². The standard InChI is InChI=1S/C7H10N2O/c1-3-4-9-6-5-8(2)7(9)10/h3,5-6H,1,4H2,2H3. The van der Waals surface area contributed by atoms with Crippen molar-refractivity contribution in [3.05, 3.63) is 35.5 Å². The number of allylic oxidation sites excluding steroid dienone is 1. The van der Waals surface area contributed by atoms with Crippen LogP contribution in [0.3, 0.4) is 0 Å². The van der Waals surface area contributed by atoms with E-state index in [0.717, 1.165) is 0 Å². The highest BCUT2D eigenvalue weighted by Crippen LogP contribution is 1.81. The zero-order valence-electron chi connectivity index (χ0n) is 5.95. The summed E-state index contributed by atoms with van der Waals surface area (Å²) in [5.74, 6) is 0. The van der Waals surface area contributed by atoms with Gasteiger partial charge in [0, 0.05) is 26.0 Å². The van der Waals surface area contributed by atoms with Crippen LogP contribution in [0.1, 0.15) is 0 Å². The van der Waals surface area contributed by atoms with E-state index in [2.05, 4.69) is 6.58 Å². The number of aryl methyl sites for hydroxylation is 1. The van der Waals surface area contributed by atoms with E-state index in [-0.39, 0.29) is 5.69 Å². The van der Waals surface area contributed by atoms with Crippen molar-refractivity contribution in [3.63, 3.8) is 0 Å². The molecule has 0 saturated heterocycles. The summed E-state index contributed by atoms with van der Waals surface area (Å²) in [6, 6.07) is 0. The first-order chi connectivity index (χ1) is 4.75. The van der Waals surface area contributed by atoms with Crippen LogP contribution in [0.4, 0.5) is 0 Å². The Hall–Kier alpha value is -1.25. The molecule has 0 aliphatic heterocycles. The van der Waals surface area contributed by atoms with Crippen LogP contribution in [0.2, 0.25) is 0 Å². The molecule has 0 spiro atoms. The molecule has 0 atom stereocenters. The van der Waals surface area contributed by atoms with Gasteiger partial charge in [-0.1, -0.05) is 6.08 Å². The van der Waals surface area contributed by atoms with Gasteiger partial charge in [-0.05, 0) is 0 Å². The van der Waals surface area contributed by atoms with Crippen molar-refractivity contribution in [1.82, 2.24) is 9.13 Å². The number of aromatic nitrogens is 2. The third-order valence-corrected chi connectivity index (χ3v) is 1.34. The Morgan fingerprint density at radius 3 is 2.80 bits per heavy atom. The highest BCUT2D eigenvalue weighted by Gasteiger charge is 1.94. The van der Waals surface area contributed by atoms with Crippen LogP contribution in [0.5, 0.6) is 0 Å². The Bertz CT molecular complexity index is 282. The number of hydrogen-bond donors (Lipinski definition) is 0. The number of rotatable bonds is 2. The molecule has 0 aliphatic rings. The van der Waals surface area contributed by atoms with Crippen molar-refractivity contribution in [2.24, 2.45) is 7.05 Å². The van der Waals surface area contributed by atoms with E-state index in [0.29, 0.717) is 6.54 Å². The topological polar surface area (TPSA) is 26.9 Å². The van der Waals surface area contributed by atoms with Gasteiger partial charge in [0.1, 0.15) is 0 Å². The first-order valence-corrected chi connectivity index (χ1v) is 3.08. The SMILES string of the molecule is C=CCn1ccn(C)c1=O. The second-order valence-corrected chi connectivity index (χ2v) is 2.13. The lowest BCUT2D eigenvalue weighted by atomic mass is 10.6. The van der Waals surface area contributed by atoms with Gasteiger partial charge in [0.2, 0.25) is 0 Å². The summed E-state index contributed by atoms with van der Waals surface area (Å²) in [6.45, 7) is 4.12. The lowest BCUT2D eigenvalue weighted by Gasteiger charge is -1.91. The molecular formula is C7H10N2O. The third kappa shape index (κ3) is 1.03. The Morgan fingerprint density at radius 1 is 1.70 bits per heavy atom. The molecule has 3 heteroatoms. The molecule has 3 nitrogen and oxygen atoms in total. The van der Waals surface area contributed by atoms with Crippen LogP contribution in [0.15, 0.2) is 29.8 Å². The molecule has 1 aromatic rings. The first-order valence-electron chi connectivity index (χ1n) is 3.08. The predicted octanol–water partition coefficient (Wildman–Crippen LogP) is 0.373. The van der Waals surface area contributed by atoms with E-state index in [1.807, 2.05) is 0 Å². The highest BCUT2D eigenvalue weighted by molar-refractivity contribution is 4.82. The van der Waals surface area contributed by atoms with Gasteiger partial charge >= 0.3 is 5.69 Å². The normalized spacial score (nSPS) is 9.70. The molecule has 1 rings (SSSR count). The van der Waals surface area contributed by atoms with Crippen LogP contribution < -0.4 is 5.69 Å². The molecule has 1 heterocycles. The molecule has 0 fully saturated rings. The van der Waals surface area contributed by atoms with Crippen molar-refractivity contribution in [1.29, 1.82) is 0 Å². The largest absolute Gasteiger partial charge is 0.328 e. The van der Waals surface area contributed by atoms with Gasteiger partial charge in [-0.3, -0.25) is 4.57 Å². The van der Waals surface area contributed by atoms with Gasteiger partial charge < -0.3 is 4.57 Å². The molecule has 0 saturated carbocycles. The molecule has 0 aliphatic carbocycles. The van der Waals surface area contributed by atoms with Crippen molar-refractivity contribution in [2.45, 2.75) is 6.54 Å². The zero-order chi connectivity index (χ0) is 7.56. The minimum atomic E-state index is -0.0000926. The summed E-state index contributed by atoms with van der Waals surface area (Å²) in [5.41, 5.74) is -0.0000926. The van der Waals surface area contributed by atoms with E-state index in [1.165, 1.54) is 4.57 Å². The van der Waals surface area contributed by atoms with Crippen LogP contribution in [0.25, 0.3) is 0 Å².